The minimum absolute atomic E-state index is 0. The topological polar surface area (TPSA) is 50.4 Å². The van der Waals surface area contributed by atoms with Crippen molar-refractivity contribution in [3.63, 3.8) is 0 Å². The lowest BCUT2D eigenvalue weighted by Gasteiger charge is -2.14. The summed E-state index contributed by atoms with van der Waals surface area (Å²) in [7, 11) is 1.64. The van der Waals surface area contributed by atoms with Gasteiger partial charge in [0.1, 0.15) is 0 Å². The predicted octanol–water partition coefficient (Wildman–Crippen LogP) is 2.10. The first kappa shape index (κ1) is 17.2. The molecule has 1 atom stereocenters. The van der Waals surface area contributed by atoms with Crippen molar-refractivity contribution in [2.45, 2.75) is 18.9 Å². The summed E-state index contributed by atoms with van der Waals surface area (Å²) in [5.41, 5.74) is 2.32. The van der Waals surface area contributed by atoms with Gasteiger partial charge in [0, 0.05) is 18.7 Å². The normalized spacial score (nSPS) is 16.4. The maximum Gasteiger partial charge on any atom is 0.234 e. The van der Waals surface area contributed by atoms with Crippen LogP contribution in [0.4, 0.5) is 0 Å². The Morgan fingerprint density at radius 3 is 3.05 bits per heavy atom. The summed E-state index contributed by atoms with van der Waals surface area (Å²) in [6, 6.07) is 5.96. The Labute approximate surface area is 130 Å². The van der Waals surface area contributed by atoms with Gasteiger partial charge >= 0.3 is 0 Å². The molecular weight excluding hydrogens is 299 g/mol. The van der Waals surface area contributed by atoms with Crippen LogP contribution in [-0.2, 0) is 16.0 Å². The number of methoxy groups -OCH3 is 1. The Morgan fingerprint density at radius 2 is 2.30 bits per heavy atom. The lowest BCUT2D eigenvalue weighted by Crippen LogP contribution is -2.36. The van der Waals surface area contributed by atoms with Crippen molar-refractivity contribution < 1.29 is 9.53 Å². The third kappa shape index (κ3) is 4.35. The number of fused-ring (bicyclic) bond motifs is 1. The van der Waals surface area contributed by atoms with Crippen molar-refractivity contribution >= 4 is 29.9 Å². The third-order valence-electron chi connectivity index (χ3n) is 3.32. The average Bonchev–Trinajstić information content (AvgIpc) is 2.80. The fourth-order valence-electron chi connectivity index (χ4n) is 2.38. The van der Waals surface area contributed by atoms with Crippen LogP contribution in [0.3, 0.4) is 0 Å². The van der Waals surface area contributed by atoms with Crippen LogP contribution in [0, 0.1) is 0 Å². The van der Waals surface area contributed by atoms with E-state index < -0.39 is 0 Å². The molecule has 0 bridgehead atoms. The van der Waals surface area contributed by atoms with Crippen LogP contribution in [0.2, 0.25) is 5.02 Å². The van der Waals surface area contributed by atoms with Crippen LogP contribution >= 0.6 is 24.0 Å². The predicted molar refractivity (Wildman–Crippen MR) is 82.7 cm³/mol. The smallest absolute Gasteiger partial charge is 0.234 e. The molecule has 0 aromatic heterocycles. The molecule has 1 amide bonds. The lowest BCUT2D eigenvalue weighted by molar-refractivity contribution is -0.121. The molecule has 0 spiro atoms. The van der Waals surface area contributed by atoms with Crippen molar-refractivity contribution in [3.05, 3.63) is 34.3 Å². The number of rotatable bonds is 6. The number of hydrogen-bond acceptors (Lipinski definition) is 3. The van der Waals surface area contributed by atoms with Crippen LogP contribution in [0.1, 0.15) is 23.6 Å². The van der Waals surface area contributed by atoms with Gasteiger partial charge in [-0.2, -0.15) is 0 Å². The fourth-order valence-corrected chi connectivity index (χ4v) is 2.66. The molecule has 112 valence electrons. The van der Waals surface area contributed by atoms with Gasteiger partial charge in [-0.1, -0.05) is 23.7 Å². The number of carbonyl (C=O) groups excluding carboxylic acids is 1. The number of nitrogens with one attached hydrogen (secondary N) is 2. The number of benzene rings is 1. The maximum absolute atomic E-state index is 11.8. The molecule has 0 heterocycles. The van der Waals surface area contributed by atoms with Gasteiger partial charge in [-0.15, -0.1) is 12.4 Å². The molecule has 1 unspecified atom stereocenters. The first-order valence-electron chi connectivity index (χ1n) is 6.48. The van der Waals surface area contributed by atoms with Crippen molar-refractivity contribution in [1.29, 1.82) is 0 Å². The van der Waals surface area contributed by atoms with Gasteiger partial charge in [0.25, 0.3) is 0 Å². The number of halogens is 2. The van der Waals surface area contributed by atoms with Crippen molar-refractivity contribution in [2.75, 3.05) is 26.8 Å². The molecule has 0 saturated heterocycles. The molecular formula is C14H20Cl2N2O2. The Kier molecular flexibility index (Phi) is 7.30. The standard InChI is InChI=1S/C14H19ClN2O2.ClH/c1-19-8-7-16-9-14(18)17-13-6-5-10-11(13)3-2-4-12(10)15;/h2-4,13,16H,5-9H2,1H3,(H,17,18);1H. The van der Waals surface area contributed by atoms with E-state index in [0.717, 1.165) is 23.4 Å². The van der Waals surface area contributed by atoms with Crippen molar-refractivity contribution in [3.8, 4) is 0 Å². The van der Waals surface area contributed by atoms with Gasteiger partial charge in [0.2, 0.25) is 5.91 Å². The minimum atomic E-state index is 0. The van der Waals surface area contributed by atoms with Gasteiger partial charge < -0.3 is 15.4 Å². The van der Waals surface area contributed by atoms with Gasteiger partial charge in [0.15, 0.2) is 0 Å². The second-order valence-electron chi connectivity index (χ2n) is 4.64. The number of ether oxygens (including phenoxy) is 1. The third-order valence-corrected chi connectivity index (χ3v) is 3.67. The zero-order chi connectivity index (χ0) is 13.7. The summed E-state index contributed by atoms with van der Waals surface area (Å²) in [5, 5.41) is 6.87. The van der Waals surface area contributed by atoms with E-state index in [2.05, 4.69) is 10.6 Å². The summed E-state index contributed by atoms with van der Waals surface area (Å²) >= 11 is 6.15. The van der Waals surface area contributed by atoms with E-state index in [0.29, 0.717) is 19.7 Å². The molecule has 0 radical (unpaired) electrons. The molecule has 6 heteroatoms. The highest BCUT2D eigenvalue weighted by Crippen LogP contribution is 2.35. The SMILES string of the molecule is COCCNCC(=O)NC1CCc2c(Cl)cccc21.Cl. The molecule has 4 nitrogen and oxygen atoms in total. The molecule has 0 saturated carbocycles. The van der Waals surface area contributed by atoms with Crippen LogP contribution in [0.5, 0.6) is 0 Å². The van der Waals surface area contributed by atoms with Crippen molar-refractivity contribution in [2.24, 2.45) is 0 Å². The number of hydrogen-bond donors (Lipinski definition) is 2. The highest BCUT2D eigenvalue weighted by Gasteiger charge is 2.25. The van der Waals surface area contributed by atoms with Gasteiger partial charge in [-0.05, 0) is 30.0 Å². The van der Waals surface area contributed by atoms with E-state index in [4.69, 9.17) is 16.3 Å². The molecule has 0 fully saturated rings. The van der Waals surface area contributed by atoms with E-state index in [9.17, 15) is 4.79 Å². The highest BCUT2D eigenvalue weighted by atomic mass is 35.5. The van der Waals surface area contributed by atoms with Crippen LogP contribution in [0.25, 0.3) is 0 Å². The molecule has 20 heavy (non-hydrogen) atoms. The summed E-state index contributed by atoms with van der Waals surface area (Å²) in [6.07, 6.45) is 1.85. The Balaban J connectivity index is 0.00000200. The van der Waals surface area contributed by atoms with E-state index in [1.54, 1.807) is 7.11 Å². The van der Waals surface area contributed by atoms with E-state index >= 15 is 0 Å². The van der Waals surface area contributed by atoms with Gasteiger partial charge in [-0.3, -0.25) is 4.79 Å². The van der Waals surface area contributed by atoms with Crippen LogP contribution in [0.15, 0.2) is 18.2 Å². The molecule has 2 N–H and O–H groups in total. The molecule has 1 aromatic rings. The second kappa shape index (κ2) is 8.47. The largest absolute Gasteiger partial charge is 0.383 e. The van der Waals surface area contributed by atoms with Gasteiger partial charge in [0.05, 0.1) is 19.2 Å². The molecule has 0 aliphatic heterocycles. The first-order valence-corrected chi connectivity index (χ1v) is 6.86. The Hall–Kier alpha value is -0.810. The molecule has 1 aliphatic carbocycles. The average molecular weight is 319 g/mol. The van der Waals surface area contributed by atoms with Crippen LogP contribution in [-0.4, -0.2) is 32.7 Å². The van der Waals surface area contributed by atoms with E-state index in [-0.39, 0.29) is 24.4 Å². The molecule has 1 aliphatic rings. The minimum Gasteiger partial charge on any atom is -0.383 e. The summed E-state index contributed by atoms with van der Waals surface area (Å²) in [5.74, 6) is 0.00827. The zero-order valence-corrected chi connectivity index (χ0v) is 13.0. The number of carbonyl (C=O) groups is 1. The molecule has 1 aromatic carbocycles. The monoisotopic (exact) mass is 318 g/mol. The molecule has 2 rings (SSSR count). The maximum atomic E-state index is 11.8. The number of amides is 1. The first-order chi connectivity index (χ1) is 9.22. The fraction of sp³-hybridized carbons (Fsp3) is 0.500. The summed E-state index contributed by atoms with van der Waals surface area (Å²) < 4.78 is 4.91. The Morgan fingerprint density at radius 1 is 1.50 bits per heavy atom. The van der Waals surface area contributed by atoms with Crippen LogP contribution < -0.4 is 10.6 Å². The highest BCUT2D eigenvalue weighted by molar-refractivity contribution is 6.31. The summed E-state index contributed by atoms with van der Waals surface area (Å²) in [6.45, 7) is 1.60. The zero-order valence-electron chi connectivity index (χ0n) is 11.4. The summed E-state index contributed by atoms with van der Waals surface area (Å²) in [4.78, 5) is 11.8. The lowest BCUT2D eigenvalue weighted by atomic mass is 10.1. The Bertz CT molecular complexity index is 455. The second-order valence-corrected chi connectivity index (χ2v) is 5.04. The van der Waals surface area contributed by atoms with Gasteiger partial charge in [-0.25, -0.2) is 0 Å². The van der Waals surface area contributed by atoms with Crippen molar-refractivity contribution in [1.82, 2.24) is 10.6 Å². The van der Waals surface area contributed by atoms with E-state index in [1.165, 1.54) is 5.56 Å². The van der Waals surface area contributed by atoms with E-state index in [1.807, 2.05) is 18.2 Å². The quantitative estimate of drug-likeness (QED) is 0.790.